The number of ether oxygens (including phenoxy) is 1. The molecule has 1 amide bonds. The molecule has 1 aliphatic heterocycles. The van der Waals surface area contributed by atoms with Crippen molar-refractivity contribution >= 4 is 5.91 Å². The molecule has 1 N–H and O–H groups in total. The predicted octanol–water partition coefficient (Wildman–Crippen LogP) is 1.09. The number of rotatable bonds is 3. The fourth-order valence-corrected chi connectivity index (χ4v) is 2.54. The van der Waals surface area contributed by atoms with Crippen molar-refractivity contribution in [2.24, 2.45) is 7.05 Å². The Morgan fingerprint density at radius 2 is 2.37 bits per heavy atom. The van der Waals surface area contributed by atoms with Crippen LogP contribution in [0.5, 0.6) is 0 Å². The summed E-state index contributed by atoms with van der Waals surface area (Å²) >= 11 is 0. The maximum Gasteiger partial charge on any atom is 0.272 e. The lowest BCUT2D eigenvalue weighted by Gasteiger charge is -2.26. The van der Waals surface area contributed by atoms with Gasteiger partial charge in [-0.15, -0.1) is 0 Å². The van der Waals surface area contributed by atoms with E-state index in [2.05, 4.69) is 10.4 Å². The van der Waals surface area contributed by atoms with E-state index in [1.807, 2.05) is 27.0 Å². The standard InChI is InChI=1S/C13H18N4O2/c1-8-7-10-11(13(18)15-6-4-5-14)16-17(3)12(10)9(2)19-8/h8-9H,4,6-7H2,1-3H3,(H,15,18)/t8-,9+/m1/s1. The highest BCUT2D eigenvalue weighted by atomic mass is 16.5. The number of aromatic nitrogens is 2. The Morgan fingerprint density at radius 3 is 3.05 bits per heavy atom. The van der Waals surface area contributed by atoms with Crippen LogP contribution < -0.4 is 5.32 Å². The molecule has 0 fully saturated rings. The van der Waals surface area contributed by atoms with Crippen molar-refractivity contribution in [3.8, 4) is 6.07 Å². The summed E-state index contributed by atoms with van der Waals surface area (Å²) in [7, 11) is 1.82. The van der Waals surface area contributed by atoms with Crippen molar-refractivity contribution in [2.75, 3.05) is 6.54 Å². The van der Waals surface area contributed by atoms with E-state index in [4.69, 9.17) is 10.00 Å². The monoisotopic (exact) mass is 262 g/mol. The number of nitriles is 1. The molecule has 102 valence electrons. The maximum absolute atomic E-state index is 12.1. The molecule has 2 heterocycles. The van der Waals surface area contributed by atoms with Gasteiger partial charge in [-0.2, -0.15) is 10.4 Å². The van der Waals surface area contributed by atoms with Crippen molar-refractivity contribution in [3.05, 3.63) is 17.0 Å². The summed E-state index contributed by atoms with van der Waals surface area (Å²) < 4.78 is 7.46. The minimum atomic E-state index is -0.214. The van der Waals surface area contributed by atoms with Crippen molar-refractivity contribution in [1.29, 1.82) is 5.26 Å². The SMILES string of the molecule is C[C@@H]1Cc2c(C(=O)NCCC#N)nn(C)c2[C@H](C)O1. The zero-order valence-electron chi connectivity index (χ0n) is 11.4. The summed E-state index contributed by atoms with van der Waals surface area (Å²) in [6.07, 6.45) is 1.01. The first-order valence-corrected chi connectivity index (χ1v) is 6.41. The third kappa shape index (κ3) is 2.61. The van der Waals surface area contributed by atoms with Crippen LogP contribution in [0.4, 0.5) is 0 Å². The molecule has 1 aliphatic rings. The number of amides is 1. The van der Waals surface area contributed by atoms with E-state index in [-0.39, 0.29) is 18.1 Å². The molecule has 0 radical (unpaired) electrons. The molecule has 0 aliphatic carbocycles. The lowest BCUT2D eigenvalue weighted by Crippen LogP contribution is -2.28. The number of fused-ring (bicyclic) bond motifs is 1. The molecule has 0 unspecified atom stereocenters. The van der Waals surface area contributed by atoms with Gasteiger partial charge in [0.15, 0.2) is 5.69 Å². The molecular weight excluding hydrogens is 244 g/mol. The maximum atomic E-state index is 12.1. The van der Waals surface area contributed by atoms with Gasteiger partial charge in [0.2, 0.25) is 0 Å². The third-order valence-electron chi connectivity index (χ3n) is 3.24. The Morgan fingerprint density at radius 1 is 1.63 bits per heavy atom. The number of aryl methyl sites for hydroxylation is 1. The van der Waals surface area contributed by atoms with Crippen molar-refractivity contribution in [3.63, 3.8) is 0 Å². The van der Waals surface area contributed by atoms with Gasteiger partial charge >= 0.3 is 0 Å². The number of hydrogen-bond donors (Lipinski definition) is 1. The van der Waals surface area contributed by atoms with Gasteiger partial charge in [-0.05, 0) is 13.8 Å². The first kappa shape index (κ1) is 13.6. The Balaban J connectivity index is 2.26. The van der Waals surface area contributed by atoms with E-state index in [1.165, 1.54) is 0 Å². The van der Waals surface area contributed by atoms with Gasteiger partial charge in [0.05, 0.1) is 30.4 Å². The average Bonchev–Trinajstić information content (AvgIpc) is 2.66. The molecule has 0 saturated heterocycles. The second-order valence-electron chi connectivity index (χ2n) is 4.79. The first-order valence-electron chi connectivity index (χ1n) is 6.41. The number of carbonyl (C=O) groups is 1. The van der Waals surface area contributed by atoms with Crippen LogP contribution in [-0.4, -0.2) is 28.3 Å². The number of nitrogens with zero attached hydrogens (tertiary/aromatic N) is 3. The highest BCUT2D eigenvalue weighted by Crippen LogP contribution is 2.31. The van der Waals surface area contributed by atoms with Gasteiger partial charge in [0.1, 0.15) is 0 Å². The molecule has 0 saturated carbocycles. The van der Waals surface area contributed by atoms with E-state index >= 15 is 0 Å². The van der Waals surface area contributed by atoms with E-state index in [1.54, 1.807) is 4.68 Å². The molecule has 2 atom stereocenters. The number of nitrogens with one attached hydrogen (secondary N) is 1. The Bertz CT molecular complexity index is 529. The van der Waals surface area contributed by atoms with Crippen LogP contribution in [0.2, 0.25) is 0 Å². The number of hydrogen-bond acceptors (Lipinski definition) is 4. The minimum Gasteiger partial charge on any atom is -0.369 e. The van der Waals surface area contributed by atoms with Gasteiger partial charge in [0.25, 0.3) is 5.91 Å². The first-order chi connectivity index (χ1) is 9.04. The molecule has 6 nitrogen and oxygen atoms in total. The van der Waals surface area contributed by atoms with Crippen LogP contribution in [0.1, 0.15) is 48.1 Å². The fraction of sp³-hybridized carbons (Fsp3) is 0.615. The van der Waals surface area contributed by atoms with Crippen LogP contribution >= 0.6 is 0 Å². The van der Waals surface area contributed by atoms with Gasteiger partial charge in [-0.3, -0.25) is 9.48 Å². The summed E-state index contributed by atoms with van der Waals surface area (Å²) in [5.41, 5.74) is 2.38. The Hall–Kier alpha value is -1.87. The highest BCUT2D eigenvalue weighted by Gasteiger charge is 2.31. The molecule has 0 bridgehead atoms. The average molecular weight is 262 g/mol. The summed E-state index contributed by atoms with van der Waals surface area (Å²) in [5.74, 6) is -0.214. The fourth-order valence-electron chi connectivity index (χ4n) is 2.54. The smallest absolute Gasteiger partial charge is 0.272 e. The van der Waals surface area contributed by atoms with Gasteiger partial charge < -0.3 is 10.1 Å². The van der Waals surface area contributed by atoms with Crippen LogP contribution in [0.25, 0.3) is 0 Å². The van der Waals surface area contributed by atoms with Crippen molar-refractivity contribution < 1.29 is 9.53 Å². The molecule has 0 aromatic carbocycles. The lowest BCUT2D eigenvalue weighted by atomic mass is 9.99. The summed E-state index contributed by atoms with van der Waals surface area (Å²) in [4.78, 5) is 12.1. The van der Waals surface area contributed by atoms with E-state index in [0.29, 0.717) is 25.1 Å². The zero-order valence-corrected chi connectivity index (χ0v) is 11.4. The molecule has 0 spiro atoms. The van der Waals surface area contributed by atoms with Crippen LogP contribution in [-0.2, 0) is 18.2 Å². The Labute approximate surface area is 112 Å². The highest BCUT2D eigenvalue weighted by molar-refractivity contribution is 5.94. The van der Waals surface area contributed by atoms with E-state index in [0.717, 1.165) is 11.3 Å². The topological polar surface area (TPSA) is 79.9 Å². The minimum absolute atomic E-state index is 0.0584. The summed E-state index contributed by atoms with van der Waals surface area (Å²) in [5, 5.41) is 15.5. The summed E-state index contributed by atoms with van der Waals surface area (Å²) in [6, 6.07) is 2.00. The lowest BCUT2D eigenvalue weighted by molar-refractivity contribution is -0.00902. The van der Waals surface area contributed by atoms with Crippen LogP contribution in [0, 0.1) is 11.3 Å². The van der Waals surface area contributed by atoms with Crippen LogP contribution in [0.15, 0.2) is 0 Å². The van der Waals surface area contributed by atoms with E-state index < -0.39 is 0 Å². The Kier molecular flexibility index (Phi) is 3.86. The second kappa shape index (κ2) is 5.41. The molecular formula is C13H18N4O2. The third-order valence-corrected chi connectivity index (χ3v) is 3.24. The van der Waals surface area contributed by atoms with Crippen molar-refractivity contribution in [1.82, 2.24) is 15.1 Å². The molecule has 1 aromatic rings. The van der Waals surface area contributed by atoms with Gasteiger partial charge in [0, 0.05) is 25.6 Å². The largest absolute Gasteiger partial charge is 0.369 e. The molecule has 1 aromatic heterocycles. The zero-order chi connectivity index (χ0) is 14.0. The summed E-state index contributed by atoms with van der Waals surface area (Å²) in [6.45, 7) is 4.31. The van der Waals surface area contributed by atoms with Gasteiger partial charge in [-0.25, -0.2) is 0 Å². The molecule has 19 heavy (non-hydrogen) atoms. The van der Waals surface area contributed by atoms with Crippen molar-refractivity contribution in [2.45, 2.75) is 38.9 Å². The molecule has 6 heteroatoms. The molecule has 2 rings (SSSR count). The second-order valence-corrected chi connectivity index (χ2v) is 4.79. The number of carbonyl (C=O) groups excluding carboxylic acids is 1. The van der Waals surface area contributed by atoms with Gasteiger partial charge in [-0.1, -0.05) is 0 Å². The van der Waals surface area contributed by atoms with Crippen LogP contribution in [0.3, 0.4) is 0 Å². The quantitative estimate of drug-likeness (QED) is 0.827. The van der Waals surface area contributed by atoms with E-state index in [9.17, 15) is 4.79 Å². The predicted molar refractivity (Wildman–Crippen MR) is 68.4 cm³/mol. The normalized spacial score (nSPS) is 21.6.